The fraction of sp³-hybridized carbons (Fsp3) is 0.545. The van der Waals surface area contributed by atoms with Gasteiger partial charge in [0, 0.05) is 5.54 Å². The van der Waals surface area contributed by atoms with Crippen LogP contribution < -0.4 is 10.6 Å². The quantitative estimate of drug-likeness (QED) is 0.881. The highest BCUT2D eigenvalue weighted by Gasteiger charge is 2.28. The molecule has 0 saturated carbocycles. The van der Waals surface area contributed by atoms with Crippen LogP contribution in [0.4, 0.5) is 0 Å². The van der Waals surface area contributed by atoms with Gasteiger partial charge in [0.15, 0.2) is 0 Å². The van der Waals surface area contributed by atoms with E-state index in [2.05, 4.69) is 33.5 Å². The van der Waals surface area contributed by atoms with Crippen molar-refractivity contribution in [2.45, 2.75) is 25.3 Å². The molecule has 16 heavy (non-hydrogen) atoms. The summed E-state index contributed by atoms with van der Waals surface area (Å²) < 4.78 is 0.994. The number of rotatable bonds is 2. The smallest absolute Gasteiger partial charge is 0.261 e. The zero-order chi connectivity index (χ0) is 11.6. The first-order valence-electron chi connectivity index (χ1n) is 5.38. The summed E-state index contributed by atoms with van der Waals surface area (Å²) in [6, 6.07) is 3.76. The average molecular weight is 303 g/mol. The molecular formula is C11H15BrN2OS. The SMILES string of the molecule is CC1(NC(=O)c2ccc(Br)s2)CCNCC1. The van der Waals surface area contributed by atoms with Gasteiger partial charge in [-0.2, -0.15) is 0 Å². The molecular weight excluding hydrogens is 288 g/mol. The van der Waals surface area contributed by atoms with Crippen molar-refractivity contribution >= 4 is 33.2 Å². The van der Waals surface area contributed by atoms with Gasteiger partial charge in [0.05, 0.1) is 8.66 Å². The van der Waals surface area contributed by atoms with Crippen molar-refractivity contribution in [3.63, 3.8) is 0 Å². The standard InChI is InChI=1S/C11H15BrN2OS/c1-11(4-6-13-7-5-11)14-10(15)8-2-3-9(12)16-8/h2-3,13H,4-7H2,1H3,(H,14,15). The Bertz CT molecular complexity index is 385. The Balaban J connectivity index is 2.01. The zero-order valence-electron chi connectivity index (χ0n) is 9.18. The van der Waals surface area contributed by atoms with Crippen molar-refractivity contribution in [3.8, 4) is 0 Å². The minimum Gasteiger partial charge on any atom is -0.346 e. The molecule has 1 amide bonds. The zero-order valence-corrected chi connectivity index (χ0v) is 11.6. The van der Waals surface area contributed by atoms with Crippen LogP contribution in [-0.2, 0) is 0 Å². The average Bonchev–Trinajstić information content (AvgIpc) is 2.65. The van der Waals surface area contributed by atoms with Gasteiger partial charge in [-0.15, -0.1) is 11.3 Å². The lowest BCUT2D eigenvalue weighted by Crippen LogP contribution is -2.52. The van der Waals surface area contributed by atoms with Gasteiger partial charge in [-0.05, 0) is 60.9 Å². The van der Waals surface area contributed by atoms with Crippen molar-refractivity contribution in [3.05, 3.63) is 20.8 Å². The number of thiophene rings is 1. The molecule has 1 aromatic heterocycles. The van der Waals surface area contributed by atoms with Gasteiger partial charge in [0.25, 0.3) is 5.91 Å². The predicted octanol–water partition coefficient (Wildman–Crippen LogP) is 2.38. The van der Waals surface area contributed by atoms with E-state index in [1.165, 1.54) is 11.3 Å². The largest absolute Gasteiger partial charge is 0.346 e. The van der Waals surface area contributed by atoms with Crippen LogP contribution in [-0.4, -0.2) is 24.5 Å². The number of amides is 1. The topological polar surface area (TPSA) is 41.1 Å². The van der Waals surface area contributed by atoms with Crippen LogP contribution in [0.5, 0.6) is 0 Å². The van der Waals surface area contributed by atoms with Crippen molar-refractivity contribution < 1.29 is 4.79 Å². The lowest BCUT2D eigenvalue weighted by Gasteiger charge is -2.34. The van der Waals surface area contributed by atoms with E-state index in [0.717, 1.165) is 34.6 Å². The van der Waals surface area contributed by atoms with Crippen LogP contribution in [0.25, 0.3) is 0 Å². The second-order valence-electron chi connectivity index (χ2n) is 4.37. The van der Waals surface area contributed by atoms with Gasteiger partial charge < -0.3 is 10.6 Å². The van der Waals surface area contributed by atoms with E-state index in [0.29, 0.717) is 0 Å². The second kappa shape index (κ2) is 4.85. The van der Waals surface area contributed by atoms with Gasteiger partial charge in [-0.1, -0.05) is 0 Å². The van der Waals surface area contributed by atoms with Crippen molar-refractivity contribution in [2.24, 2.45) is 0 Å². The molecule has 3 nitrogen and oxygen atoms in total. The Labute approximate surface area is 108 Å². The van der Waals surface area contributed by atoms with Gasteiger partial charge in [0.1, 0.15) is 0 Å². The van der Waals surface area contributed by atoms with E-state index in [1.807, 2.05) is 12.1 Å². The first kappa shape index (κ1) is 12.1. The highest BCUT2D eigenvalue weighted by atomic mass is 79.9. The minimum absolute atomic E-state index is 0.0418. The Morgan fingerprint density at radius 2 is 2.19 bits per heavy atom. The lowest BCUT2D eigenvalue weighted by molar-refractivity contribution is 0.0892. The molecule has 1 aromatic rings. The Morgan fingerprint density at radius 3 is 2.75 bits per heavy atom. The molecule has 0 aromatic carbocycles. The molecule has 0 spiro atoms. The molecule has 88 valence electrons. The maximum absolute atomic E-state index is 12.0. The predicted molar refractivity (Wildman–Crippen MR) is 70.0 cm³/mol. The number of nitrogens with one attached hydrogen (secondary N) is 2. The van der Waals surface area contributed by atoms with Crippen LogP contribution >= 0.6 is 27.3 Å². The van der Waals surface area contributed by atoms with Crippen LogP contribution in [0.3, 0.4) is 0 Å². The minimum atomic E-state index is -0.0567. The highest BCUT2D eigenvalue weighted by molar-refractivity contribution is 9.11. The normalized spacial score (nSPS) is 19.4. The summed E-state index contributed by atoms with van der Waals surface area (Å²) in [4.78, 5) is 12.8. The molecule has 0 atom stereocenters. The summed E-state index contributed by atoms with van der Waals surface area (Å²) in [5.41, 5.74) is -0.0567. The summed E-state index contributed by atoms with van der Waals surface area (Å²) in [5, 5.41) is 6.44. The summed E-state index contributed by atoms with van der Waals surface area (Å²) in [6.45, 7) is 4.07. The number of carbonyl (C=O) groups excluding carboxylic acids is 1. The number of hydrogen-bond donors (Lipinski definition) is 2. The molecule has 2 heterocycles. The molecule has 1 fully saturated rings. The lowest BCUT2D eigenvalue weighted by atomic mass is 9.90. The van der Waals surface area contributed by atoms with Gasteiger partial charge >= 0.3 is 0 Å². The first-order chi connectivity index (χ1) is 7.59. The van der Waals surface area contributed by atoms with E-state index in [4.69, 9.17) is 0 Å². The van der Waals surface area contributed by atoms with Gasteiger partial charge in [-0.25, -0.2) is 0 Å². The van der Waals surface area contributed by atoms with Crippen molar-refractivity contribution in [1.82, 2.24) is 10.6 Å². The molecule has 0 radical (unpaired) electrons. The summed E-state index contributed by atoms with van der Waals surface area (Å²) in [6.07, 6.45) is 1.98. The molecule has 1 saturated heterocycles. The number of halogens is 1. The molecule has 1 aliphatic rings. The maximum Gasteiger partial charge on any atom is 0.261 e. The van der Waals surface area contributed by atoms with E-state index in [1.54, 1.807) is 0 Å². The Kier molecular flexibility index (Phi) is 3.66. The molecule has 2 N–H and O–H groups in total. The van der Waals surface area contributed by atoms with Gasteiger partial charge in [0.2, 0.25) is 0 Å². The number of carbonyl (C=O) groups is 1. The summed E-state index contributed by atoms with van der Waals surface area (Å²) in [7, 11) is 0. The Morgan fingerprint density at radius 1 is 1.50 bits per heavy atom. The van der Waals surface area contributed by atoms with E-state index in [-0.39, 0.29) is 11.4 Å². The monoisotopic (exact) mass is 302 g/mol. The third kappa shape index (κ3) is 2.84. The highest BCUT2D eigenvalue weighted by Crippen LogP contribution is 2.24. The molecule has 2 rings (SSSR count). The third-order valence-corrected chi connectivity index (χ3v) is 4.54. The van der Waals surface area contributed by atoms with E-state index >= 15 is 0 Å². The molecule has 5 heteroatoms. The third-order valence-electron chi connectivity index (χ3n) is 2.92. The second-order valence-corrected chi connectivity index (χ2v) is 6.83. The molecule has 0 unspecified atom stereocenters. The van der Waals surface area contributed by atoms with Crippen molar-refractivity contribution in [1.29, 1.82) is 0 Å². The van der Waals surface area contributed by atoms with E-state index in [9.17, 15) is 4.79 Å². The van der Waals surface area contributed by atoms with Crippen LogP contribution in [0.2, 0.25) is 0 Å². The first-order valence-corrected chi connectivity index (χ1v) is 6.99. The molecule has 0 aliphatic carbocycles. The fourth-order valence-corrected chi connectivity index (χ4v) is 3.16. The molecule has 0 bridgehead atoms. The molecule has 1 aliphatic heterocycles. The van der Waals surface area contributed by atoms with Crippen LogP contribution in [0, 0.1) is 0 Å². The fourth-order valence-electron chi connectivity index (χ4n) is 1.88. The van der Waals surface area contributed by atoms with E-state index < -0.39 is 0 Å². The Hall–Kier alpha value is -0.390. The van der Waals surface area contributed by atoms with Crippen LogP contribution in [0.1, 0.15) is 29.4 Å². The summed E-state index contributed by atoms with van der Waals surface area (Å²) in [5.74, 6) is 0.0418. The summed E-state index contributed by atoms with van der Waals surface area (Å²) >= 11 is 4.84. The number of hydrogen-bond acceptors (Lipinski definition) is 3. The maximum atomic E-state index is 12.0. The van der Waals surface area contributed by atoms with Gasteiger partial charge in [-0.3, -0.25) is 4.79 Å². The number of piperidine rings is 1. The van der Waals surface area contributed by atoms with Crippen LogP contribution in [0.15, 0.2) is 15.9 Å². The van der Waals surface area contributed by atoms with Crippen molar-refractivity contribution in [2.75, 3.05) is 13.1 Å².